The van der Waals surface area contributed by atoms with Crippen LogP contribution in [-0.4, -0.2) is 57.9 Å². The Morgan fingerprint density at radius 3 is 2.59 bits per heavy atom. The first-order valence-corrected chi connectivity index (χ1v) is 10.7. The van der Waals surface area contributed by atoms with Gasteiger partial charge in [0.15, 0.2) is 5.82 Å². The third kappa shape index (κ3) is 3.25. The number of amides is 1. The highest BCUT2D eigenvalue weighted by Gasteiger charge is 2.39. The summed E-state index contributed by atoms with van der Waals surface area (Å²) < 4.78 is 29.8. The van der Waals surface area contributed by atoms with Crippen LogP contribution in [0.4, 0.5) is 0 Å². The van der Waals surface area contributed by atoms with E-state index in [-0.39, 0.29) is 11.9 Å². The van der Waals surface area contributed by atoms with Crippen LogP contribution < -0.4 is 0 Å². The van der Waals surface area contributed by atoms with Crippen molar-refractivity contribution in [1.29, 1.82) is 0 Å². The van der Waals surface area contributed by atoms with E-state index in [0.717, 1.165) is 18.7 Å². The van der Waals surface area contributed by atoms with E-state index in [4.69, 9.17) is 0 Å². The molecule has 1 aromatic carbocycles. The summed E-state index contributed by atoms with van der Waals surface area (Å²) in [5.41, 5.74) is 0. The number of aromatic nitrogens is 3. The van der Waals surface area contributed by atoms with Crippen molar-refractivity contribution in [1.82, 2.24) is 24.0 Å². The molecule has 1 atom stereocenters. The maximum Gasteiger partial charge on any atom is 0.243 e. The zero-order valence-corrected chi connectivity index (χ0v) is 16.1. The van der Waals surface area contributed by atoms with Gasteiger partial charge in [-0.15, -0.1) is 10.2 Å². The summed E-state index contributed by atoms with van der Waals surface area (Å²) in [6.45, 7) is 3.84. The number of sulfonamides is 1. The number of carbonyl (C=O) groups is 1. The molecule has 1 unspecified atom stereocenters. The second-order valence-electron chi connectivity index (χ2n) is 6.97. The quantitative estimate of drug-likeness (QED) is 0.787. The molecule has 0 spiro atoms. The zero-order valence-electron chi connectivity index (χ0n) is 15.3. The lowest BCUT2D eigenvalue weighted by molar-refractivity contribution is -0.128. The van der Waals surface area contributed by atoms with E-state index in [2.05, 4.69) is 10.2 Å². The van der Waals surface area contributed by atoms with E-state index in [9.17, 15) is 13.2 Å². The Hall–Kier alpha value is -2.26. The first kappa shape index (κ1) is 18.1. The van der Waals surface area contributed by atoms with Crippen molar-refractivity contribution < 1.29 is 13.2 Å². The molecule has 1 fully saturated rings. The van der Waals surface area contributed by atoms with Gasteiger partial charge in [0.1, 0.15) is 5.82 Å². The average molecular weight is 389 g/mol. The largest absolute Gasteiger partial charge is 0.341 e. The van der Waals surface area contributed by atoms with Crippen molar-refractivity contribution in [3.8, 4) is 0 Å². The highest BCUT2D eigenvalue weighted by atomic mass is 32.2. The van der Waals surface area contributed by atoms with Gasteiger partial charge in [-0.2, -0.15) is 4.31 Å². The summed E-state index contributed by atoms with van der Waals surface area (Å²) in [6, 6.07) is 8.20. The van der Waals surface area contributed by atoms with E-state index >= 15 is 0 Å². The molecule has 2 aromatic rings. The molecule has 0 bridgehead atoms. The molecule has 2 aliphatic heterocycles. The number of hydrogen-bond acceptors (Lipinski definition) is 5. The lowest BCUT2D eigenvalue weighted by atomic mass is 10.2. The molecule has 1 saturated heterocycles. The second kappa shape index (κ2) is 7.05. The Bertz CT molecular complexity index is 941. The molecule has 2 aliphatic rings. The Kier molecular flexibility index (Phi) is 4.73. The minimum absolute atomic E-state index is 0.0458. The van der Waals surface area contributed by atoms with E-state index in [0.29, 0.717) is 43.3 Å². The maximum atomic E-state index is 13.1. The molecule has 0 radical (unpaired) electrons. The number of hydrogen-bond donors (Lipinski definition) is 0. The van der Waals surface area contributed by atoms with Crippen LogP contribution in [0.25, 0.3) is 0 Å². The van der Waals surface area contributed by atoms with Gasteiger partial charge in [0.05, 0.1) is 10.9 Å². The summed E-state index contributed by atoms with van der Waals surface area (Å²) in [5.74, 6) is 1.55. The van der Waals surface area contributed by atoms with Crippen LogP contribution in [0, 0.1) is 0 Å². The molecule has 0 N–H and O–H groups in total. The fourth-order valence-electron chi connectivity index (χ4n) is 3.92. The smallest absolute Gasteiger partial charge is 0.243 e. The Morgan fingerprint density at radius 2 is 1.85 bits per heavy atom. The molecule has 8 nitrogen and oxygen atoms in total. The molecule has 9 heteroatoms. The van der Waals surface area contributed by atoms with Crippen LogP contribution in [0.3, 0.4) is 0 Å². The lowest BCUT2D eigenvalue weighted by Crippen LogP contribution is -2.33. The van der Waals surface area contributed by atoms with Gasteiger partial charge in [0, 0.05) is 39.5 Å². The first-order chi connectivity index (χ1) is 13.0. The van der Waals surface area contributed by atoms with Crippen molar-refractivity contribution in [3.63, 3.8) is 0 Å². The van der Waals surface area contributed by atoms with Crippen LogP contribution in [0.2, 0.25) is 0 Å². The van der Waals surface area contributed by atoms with Crippen molar-refractivity contribution in [2.75, 3.05) is 19.6 Å². The molecule has 27 heavy (non-hydrogen) atoms. The maximum absolute atomic E-state index is 13.1. The molecule has 1 aromatic heterocycles. The fraction of sp³-hybridized carbons (Fsp3) is 0.500. The van der Waals surface area contributed by atoms with Gasteiger partial charge in [0.25, 0.3) is 0 Å². The third-order valence-corrected chi connectivity index (χ3v) is 7.27. The number of rotatable bonds is 3. The molecular weight excluding hydrogens is 366 g/mol. The van der Waals surface area contributed by atoms with Crippen molar-refractivity contribution in [2.45, 2.75) is 43.7 Å². The Labute approximate surface area is 158 Å². The summed E-state index contributed by atoms with van der Waals surface area (Å²) in [6.07, 6.45) is 2.14. The van der Waals surface area contributed by atoms with Gasteiger partial charge in [-0.25, -0.2) is 8.42 Å². The highest BCUT2D eigenvalue weighted by molar-refractivity contribution is 7.89. The van der Waals surface area contributed by atoms with Crippen molar-refractivity contribution in [3.05, 3.63) is 42.0 Å². The molecule has 1 amide bonds. The molecule has 4 rings (SSSR count). The van der Waals surface area contributed by atoms with Crippen molar-refractivity contribution in [2.24, 2.45) is 0 Å². The Balaban J connectivity index is 1.65. The SMILES string of the molecule is CC(=O)N1CCc2nnc(C3CCCN3S(=O)(=O)c3ccccc3)n2CC1. The minimum Gasteiger partial charge on any atom is -0.341 e. The van der Waals surface area contributed by atoms with Gasteiger partial charge in [-0.1, -0.05) is 18.2 Å². The predicted octanol–water partition coefficient (Wildman–Crippen LogP) is 1.21. The lowest BCUT2D eigenvalue weighted by Gasteiger charge is -2.24. The summed E-state index contributed by atoms with van der Waals surface area (Å²) in [7, 11) is -3.59. The van der Waals surface area contributed by atoms with Gasteiger partial charge in [0.2, 0.25) is 15.9 Å². The molecular formula is C18H23N5O3S. The van der Waals surface area contributed by atoms with Crippen LogP contribution in [0.5, 0.6) is 0 Å². The predicted molar refractivity (Wildman–Crippen MR) is 98.3 cm³/mol. The number of benzene rings is 1. The van der Waals surface area contributed by atoms with E-state index in [1.807, 2.05) is 4.57 Å². The molecule has 0 aliphatic carbocycles. The van der Waals surface area contributed by atoms with E-state index in [1.54, 1.807) is 46.5 Å². The van der Waals surface area contributed by atoms with Crippen LogP contribution >= 0.6 is 0 Å². The minimum atomic E-state index is -3.59. The average Bonchev–Trinajstić information content (AvgIpc) is 3.24. The molecule has 0 saturated carbocycles. The van der Waals surface area contributed by atoms with Crippen LogP contribution in [0.15, 0.2) is 35.2 Å². The normalized spacial score (nSPS) is 21.1. The number of nitrogens with zero attached hydrogens (tertiary/aromatic N) is 5. The summed E-state index contributed by atoms with van der Waals surface area (Å²) in [4.78, 5) is 13.8. The molecule has 3 heterocycles. The summed E-state index contributed by atoms with van der Waals surface area (Å²) in [5, 5.41) is 8.65. The van der Waals surface area contributed by atoms with Gasteiger partial charge in [-0.3, -0.25) is 4.79 Å². The highest BCUT2D eigenvalue weighted by Crippen LogP contribution is 2.36. The fourth-order valence-corrected chi connectivity index (χ4v) is 5.60. The topological polar surface area (TPSA) is 88.4 Å². The zero-order chi connectivity index (χ0) is 19.0. The van der Waals surface area contributed by atoms with Crippen LogP contribution in [0.1, 0.15) is 37.5 Å². The van der Waals surface area contributed by atoms with Gasteiger partial charge < -0.3 is 9.47 Å². The summed E-state index contributed by atoms with van der Waals surface area (Å²) >= 11 is 0. The van der Waals surface area contributed by atoms with Crippen LogP contribution in [-0.2, 0) is 27.8 Å². The van der Waals surface area contributed by atoms with Gasteiger partial charge in [-0.05, 0) is 25.0 Å². The van der Waals surface area contributed by atoms with Crippen molar-refractivity contribution >= 4 is 15.9 Å². The monoisotopic (exact) mass is 389 g/mol. The van der Waals surface area contributed by atoms with E-state index < -0.39 is 10.0 Å². The second-order valence-corrected chi connectivity index (χ2v) is 8.86. The third-order valence-electron chi connectivity index (χ3n) is 5.35. The molecule has 144 valence electrons. The number of fused-ring (bicyclic) bond motifs is 1. The standard InChI is InChI=1S/C18H23N5O3S/c1-14(24)21-11-9-17-19-20-18(22(17)13-12-21)16-8-5-10-23(16)27(25,26)15-6-3-2-4-7-15/h2-4,6-7,16H,5,8-13H2,1H3. The first-order valence-electron chi connectivity index (χ1n) is 9.23. The van der Waals surface area contributed by atoms with E-state index in [1.165, 1.54) is 0 Å². The number of carbonyl (C=O) groups excluding carboxylic acids is 1. The Morgan fingerprint density at radius 1 is 1.07 bits per heavy atom. The van der Waals surface area contributed by atoms with Gasteiger partial charge >= 0.3 is 0 Å².